The molecule has 1 saturated carbocycles. The van der Waals surface area contributed by atoms with Crippen molar-refractivity contribution in [1.82, 2.24) is 0 Å². The van der Waals surface area contributed by atoms with Gasteiger partial charge in [0.25, 0.3) is 0 Å². The van der Waals surface area contributed by atoms with Crippen molar-refractivity contribution in [3.8, 4) is 0 Å². The monoisotopic (exact) mass is 187 g/mol. The zero-order valence-electron chi connectivity index (χ0n) is 8.84. The van der Waals surface area contributed by atoms with Gasteiger partial charge in [0.2, 0.25) is 0 Å². The maximum Gasteiger partial charge on any atom is 0.0896 e. The Morgan fingerprint density at radius 3 is 2.46 bits per heavy atom. The number of nitrogens with one attached hydrogen (secondary N) is 1. The smallest absolute Gasteiger partial charge is 0.0896 e. The molecule has 2 N–H and O–H groups in total. The highest BCUT2D eigenvalue weighted by molar-refractivity contribution is 4.81. The van der Waals surface area contributed by atoms with Gasteiger partial charge in [-0.2, -0.15) is 0 Å². The maximum atomic E-state index is 11.3. The molecule has 3 nitrogen and oxygen atoms in total. The first-order valence-corrected chi connectivity index (χ1v) is 5.15. The van der Waals surface area contributed by atoms with Crippen LogP contribution in [0.25, 0.3) is 0 Å². The van der Waals surface area contributed by atoms with E-state index in [1.54, 1.807) is 7.05 Å². The van der Waals surface area contributed by atoms with E-state index in [9.17, 15) is 10.3 Å². The molecule has 0 heterocycles. The van der Waals surface area contributed by atoms with E-state index in [4.69, 9.17) is 0 Å². The molecule has 1 aliphatic carbocycles. The average molecular weight is 187 g/mol. The lowest BCUT2D eigenvalue weighted by atomic mass is 9.96. The summed E-state index contributed by atoms with van der Waals surface area (Å²) >= 11 is 0. The lowest BCUT2D eigenvalue weighted by Crippen LogP contribution is -3.09. The Morgan fingerprint density at radius 1 is 1.38 bits per heavy atom. The van der Waals surface area contributed by atoms with E-state index < -0.39 is 5.60 Å². The molecular formula is C10H21NO2. The lowest BCUT2D eigenvalue weighted by molar-refractivity contribution is -0.859. The molecule has 0 aromatic carbocycles. The highest BCUT2D eigenvalue weighted by Crippen LogP contribution is 2.28. The van der Waals surface area contributed by atoms with E-state index >= 15 is 0 Å². The van der Waals surface area contributed by atoms with Gasteiger partial charge in [0.05, 0.1) is 18.7 Å². The highest BCUT2D eigenvalue weighted by Gasteiger charge is 2.32. The third kappa shape index (κ3) is 2.93. The molecule has 13 heavy (non-hydrogen) atoms. The summed E-state index contributed by atoms with van der Waals surface area (Å²) in [5, 5.41) is 21.4. The van der Waals surface area contributed by atoms with Crippen molar-refractivity contribution in [2.45, 2.75) is 51.2 Å². The Kier molecular flexibility index (Phi) is 3.33. The van der Waals surface area contributed by atoms with Crippen molar-refractivity contribution in [2.75, 3.05) is 7.05 Å². The van der Waals surface area contributed by atoms with Crippen LogP contribution in [0.3, 0.4) is 0 Å². The van der Waals surface area contributed by atoms with E-state index in [1.807, 2.05) is 6.92 Å². The first-order chi connectivity index (χ1) is 5.92. The van der Waals surface area contributed by atoms with Gasteiger partial charge in [0, 0.05) is 12.3 Å². The van der Waals surface area contributed by atoms with Crippen LogP contribution in [-0.4, -0.2) is 23.8 Å². The summed E-state index contributed by atoms with van der Waals surface area (Å²) in [6, 6.07) is 0.175. The molecule has 0 saturated heterocycles. The topological polar surface area (TPSA) is 47.7 Å². The summed E-state index contributed by atoms with van der Waals surface area (Å²) in [6.45, 7) is 4.00. The fraction of sp³-hybridized carbons (Fsp3) is 1.00. The summed E-state index contributed by atoms with van der Waals surface area (Å²) in [4.78, 5) is 0. The quantitative estimate of drug-likeness (QED) is 0.459. The molecule has 3 heteroatoms. The first kappa shape index (κ1) is 11.0. The van der Waals surface area contributed by atoms with Crippen molar-refractivity contribution >= 4 is 0 Å². The molecule has 4 atom stereocenters. The van der Waals surface area contributed by atoms with Crippen LogP contribution in [0.1, 0.15) is 39.5 Å². The van der Waals surface area contributed by atoms with Crippen molar-refractivity contribution in [1.29, 1.82) is 0 Å². The SMILES string of the molecule is CC1CCC(C)(O)CCC1[NH+](C)[O-]. The molecule has 0 amide bonds. The van der Waals surface area contributed by atoms with Gasteiger partial charge in [-0.05, 0) is 26.2 Å². The molecule has 4 unspecified atom stereocenters. The second-order valence-corrected chi connectivity index (χ2v) is 4.77. The van der Waals surface area contributed by atoms with Crippen LogP contribution in [0.2, 0.25) is 0 Å². The van der Waals surface area contributed by atoms with Crippen LogP contribution in [0, 0.1) is 11.1 Å². The van der Waals surface area contributed by atoms with Gasteiger partial charge in [0.15, 0.2) is 0 Å². The normalized spacial score (nSPS) is 44.1. The molecule has 0 aromatic rings. The van der Waals surface area contributed by atoms with Crippen molar-refractivity contribution in [2.24, 2.45) is 5.92 Å². The predicted molar refractivity (Wildman–Crippen MR) is 52.3 cm³/mol. The van der Waals surface area contributed by atoms with Gasteiger partial charge >= 0.3 is 0 Å². The minimum atomic E-state index is -0.543. The van der Waals surface area contributed by atoms with Crippen LogP contribution < -0.4 is 5.06 Å². The van der Waals surface area contributed by atoms with Crippen LogP contribution in [0.15, 0.2) is 0 Å². The molecule has 1 fully saturated rings. The minimum Gasteiger partial charge on any atom is -0.634 e. The Morgan fingerprint density at radius 2 is 1.92 bits per heavy atom. The number of rotatable bonds is 1. The Hall–Kier alpha value is -0.120. The van der Waals surface area contributed by atoms with Crippen LogP contribution >= 0.6 is 0 Å². The number of hydrogen-bond acceptors (Lipinski definition) is 2. The van der Waals surface area contributed by atoms with Gasteiger partial charge < -0.3 is 15.4 Å². The molecule has 78 valence electrons. The molecule has 0 spiro atoms. The molecule has 0 aliphatic heterocycles. The third-order valence-electron chi connectivity index (χ3n) is 3.34. The van der Waals surface area contributed by atoms with E-state index in [-0.39, 0.29) is 11.1 Å². The predicted octanol–water partition coefficient (Wildman–Crippen LogP) is 0.329. The van der Waals surface area contributed by atoms with Gasteiger partial charge in [-0.25, -0.2) is 0 Å². The summed E-state index contributed by atoms with van der Waals surface area (Å²) in [5.74, 6) is 0.437. The average Bonchev–Trinajstić information content (AvgIpc) is 2.11. The first-order valence-electron chi connectivity index (χ1n) is 5.15. The van der Waals surface area contributed by atoms with E-state index in [1.165, 1.54) is 0 Å². The molecule has 1 rings (SSSR count). The lowest BCUT2D eigenvalue weighted by Gasteiger charge is -2.30. The fourth-order valence-corrected chi connectivity index (χ4v) is 2.22. The minimum absolute atomic E-state index is 0.175. The largest absolute Gasteiger partial charge is 0.634 e. The third-order valence-corrected chi connectivity index (χ3v) is 3.34. The van der Waals surface area contributed by atoms with Gasteiger partial charge in [0.1, 0.15) is 0 Å². The number of aliphatic hydroxyl groups is 1. The number of quaternary nitrogens is 1. The Balaban J connectivity index is 2.60. The van der Waals surface area contributed by atoms with Gasteiger partial charge in [-0.3, -0.25) is 0 Å². The van der Waals surface area contributed by atoms with Crippen LogP contribution in [0.4, 0.5) is 0 Å². The molecule has 0 aromatic heterocycles. The van der Waals surface area contributed by atoms with Gasteiger partial charge in [-0.15, -0.1) is 0 Å². The summed E-state index contributed by atoms with van der Waals surface area (Å²) in [6.07, 6.45) is 3.42. The van der Waals surface area contributed by atoms with Crippen molar-refractivity contribution in [3.05, 3.63) is 5.21 Å². The zero-order valence-corrected chi connectivity index (χ0v) is 8.84. The Labute approximate surface area is 80.3 Å². The molecule has 1 aliphatic rings. The van der Waals surface area contributed by atoms with Gasteiger partial charge in [-0.1, -0.05) is 6.92 Å². The highest BCUT2D eigenvalue weighted by atomic mass is 16.5. The fourth-order valence-electron chi connectivity index (χ4n) is 2.22. The van der Waals surface area contributed by atoms with E-state index in [2.05, 4.69) is 6.92 Å². The second kappa shape index (κ2) is 3.95. The molecule has 0 bridgehead atoms. The number of hydroxylamine groups is 2. The second-order valence-electron chi connectivity index (χ2n) is 4.77. The maximum absolute atomic E-state index is 11.3. The molecular weight excluding hydrogens is 166 g/mol. The summed E-state index contributed by atoms with van der Waals surface area (Å²) < 4.78 is 0. The standard InChI is InChI=1S/C10H21NO2/c1-8-4-6-10(2,12)7-5-9(8)11(3)13/h8-9,11-12H,4-7H2,1-3H3. The van der Waals surface area contributed by atoms with Crippen LogP contribution in [0.5, 0.6) is 0 Å². The van der Waals surface area contributed by atoms with Crippen molar-refractivity contribution in [3.63, 3.8) is 0 Å². The number of hydrogen-bond donors (Lipinski definition) is 2. The van der Waals surface area contributed by atoms with Crippen LogP contribution in [-0.2, 0) is 0 Å². The van der Waals surface area contributed by atoms with E-state index in [0.717, 1.165) is 25.7 Å². The Bertz CT molecular complexity index is 168. The van der Waals surface area contributed by atoms with E-state index in [0.29, 0.717) is 5.92 Å². The van der Waals surface area contributed by atoms with Crippen molar-refractivity contribution < 1.29 is 10.2 Å². The summed E-state index contributed by atoms with van der Waals surface area (Å²) in [5.41, 5.74) is -0.543. The zero-order chi connectivity index (χ0) is 10.1. The summed E-state index contributed by atoms with van der Waals surface area (Å²) in [7, 11) is 1.67. The molecule has 0 radical (unpaired) electrons.